The molecule has 1 aliphatic heterocycles. The van der Waals surface area contributed by atoms with E-state index >= 15 is 0 Å². The summed E-state index contributed by atoms with van der Waals surface area (Å²) in [5.74, 6) is -0.354. The maximum absolute atomic E-state index is 14.2. The molecule has 0 aliphatic carbocycles. The van der Waals surface area contributed by atoms with Gasteiger partial charge in [-0.1, -0.05) is 0 Å². The van der Waals surface area contributed by atoms with Gasteiger partial charge >= 0.3 is 0 Å². The zero-order chi connectivity index (χ0) is 13.4. The summed E-state index contributed by atoms with van der Waals surface area (Å²) >= 11 is 0. The monoisotopic (exact) mass is 261 g/mol. The number of aryl methyl sites for hydroxylation is 1. The van der Waals surface area contributed by atoms with Crippen LogP contribution in [0.15, 0.2) is 29.2 Å². The molecule has 0 bridgehead atoms. The van der Waals surface area contributed by atoms with Crippen LogP contribution in [0.4, 0.5) is 10.1 Å². The van der Waals surface area contributed by atoms with Gasteiger partial charge in [-0.3, -0.25) is 4.79 Å². The Balaban J connectivity index is 2.25. The van der Waals surface area contributed by atoms with E-state index in [1.165, 1.54) is 12.1 Å². The minimum Gasteiger partial charge on any atom is -0.347 e. The van der Waals surface area contributed by atoms with Gasteiger partial charge in [0.15, 0.2) is 5.43 Å². The van der Waals surface area contributed by atoms with Gasteiger partial charge in [0, 0.05) is 37.3 Å². The molecule has 0 saturated carbocycles. The predicted molar refractivity (Wildman–Crippen MR) is 73.8 cm³/mol. The highest BCUT2D eigenvalue weighted by Crippen LogP contribution is 2.25. The van der Waals surface area contributed by atoms with Crippen molar-refractivity contribution >= 4 is 16.6 Å². The van der Waals surface area contributed by atoms with E-state index < -0.39 is 0 Å². The van der Waals surface area contributed by atoms with Gasteiger partial charge in [-0.2, -0.15) is 0 Å². The van der Waals surface area contributed by atoms with Crippen LogP contribution in [0, 0.1) is 5.82 Å². The van der Waals surface area contributed by atoms with E-state index in [1.807, 2.05) is 16.5 Å². The van der Waals surface area contributed by atoms with Crippen molar-refractivity contribution in [2.24, 2.45) is 0 Å². The van der Waals surface area contributed by atoms with Crippen molar-refractivity contribution in [2.45, 2.75) is 19.9 Å². The molecule has 5 heteroatoms. The summed E-state index contributed by atoms with van der Waals surface area (Å²) in [4.78, 5) is 11.8. The Morgan fingerprint density at radius 2 is 2.26 bits per heavy atom. The van der Waals surface area contributed by atoms with E-state index in [9.17, 15) is 9.18 Å². The van der Waals surface area contributed by atoms with E-state index in [0.717, 1.165) is 31.6 Å². The standard InChI is InChI=1S/C14H16FN3O/c1-2-17-7-4-14(19)10-8-11(15)13(9-12(10)17)18-6-3-5-16-18/h4,7-9,16H,2-3,5-6H2,1H3. The number of hydrogen-bond donors (Lipinski definition) is 1. The van der Waals surface area contributed by atoms with Crippen LogP contribution in [0.5, 0.6) is 0 Å². The molecule has 0 atom stereocenters. The molecule has 0 amide bonds. The molecule has 1 saturated heterocycles. The number of rotatable bonds is 2. The second-order valence-corrected chi connectivity index (χ2v) is 4.70. The molecule has 100 valence electrons. The van der Waals surface area contributed by atoms with Gasteiger partial charge in [0.25, 0.3) is 0 Å². The lowest BCUT2D eigenvalue weighted by Gasteiger charge is -2.20. The smallest absolute Gasteiger partial charge is 0.189 e. The summed E-state index contributed by atoms with van der Waals surface area (Å²) in [6, 6.07) is 4.59. The number of pyridine rings is 1. The molecule has 0 radical (unpaired) electrons. The number of halogens is 1. The molecular weight excluding hydrogens is 245 g/mol. The molecule has 1 aromatic carbocycles. The van der Waals surface area contributed by atoms with Crippen LogP contribution < -0.4 is 15.9 Å². The Morgan fingerprint density at radius 3 is 2.95 bits per heavy atom. The minimum atomic E-state index is -0.354. The van der Waals surface area contributed by atoms with Crippen LogP contribution in [-0.4, -0.2) is 17.7 Å². The van der Waals surface area contributed by atoms with Crippen molar-refractivity contribution in [3.05, 3.63) is 40.4 Å². The zero-order valence-corrected chi connectivity index (χ0v) is 10.8. The second-order valence-electron chi connectivity index (χ2n) is 4.70. The highest BCUT2D eigenvalue weighted by Gasteiger charge is 2.17. The molecule has 0 unspecified atom stereocenters. The zero-order valence-electron chi connectivity index (χ0n) is 10.8. The third kappa shape index (κ3) is 2.00. The third-order valence-corrected chi connectivity index (χ3v) is 3.54. The average Bonchev–Trinajstić information content (AvgIpc) is 2.93. The number of nitrogens with zero attached hydrogens (tertiary/aromatic N) is 2. The molecule has 2 heterocycles. The van der Waals surface area contributed by atoms with Crippen molar-refractivity contribution in [2.75, 3.05) is 18.1 Å². The first-order chi connectivity index (χ1) is 9.20. The fourth-order valence-corrected chi connectivity index (χ4v) is 2.53. The first kappa shape index (κ1) is 12.2. The maximum atomic E-state index is 14.2. The van der Waals surface area contributed by atoms with Crippen molar-refractivity contribution in [1.82, 2.24) is 9.99 Å². The summed E-state index contributed by atoms with van der Waals surface area (Å²) in [6.45, 7) is 4.38. The van der Waals surface area contributed by atoms with E-state index in [2.05, 4.69) is 5.43 Å². The third-order valence-electron chi connectivity index (χ3n) is 3.54. The molecular formula is C14H16FN3O. The lowest BCUT2D eigenvalue weighted by molar-refractivity contribution is 0.616. The SMILES string of the molecule is CCn1ccc(=O)c2cc(F)c(N3CCCN3)cc21. The van der Waals surface area contributed by atoms with Gasteiger partial charge in [0.2, 0.25) is 0 Å². The lowest BCUT2D eigenvalue weighted by atomic mass is 10.1. The molecule has 0 spiro atoms. The van der Waals surface area contributed by atoms with Crippen LogP contribution in [0.2, 0.25) is 0 Å². The largest absolute Gasteiger partial charge is 0.347 e. The number of anilines is 1. The Bertz CT molecular complexity index is 674. The summed E-state index contributed by atoms with van der Waals surface area (Å²) in [7, 11) is 0. The summed E-state index contributed by atoms with van der Waals surface area (Å²) < 4.78 is 16.1. The second kappa shape index (κ2) is 4.66. The van der Waals surface area contributed by atoms with E-state index in [1.54, 1.807) is 12.3 Å². The highest BCUT2D eigenvalue weighted by atomic mass is 19.1. The summed E-state index contributed by atoms with van der Waals surface area (Å²) in [5.41, 5.74) is 4.29. The number of aromatic nitrogens is 1. The van der Waals surface area contributed by atoms with E-state index in [4.69, 9.17) is 0 Å². The Hall–Kier alpha value is -1.88. The van der Waals surface area contributed by atoms with Crippen molar-refractivity contribution < 1.29 is 4.39 Å². The fraction of sp³-hybridized carbons (Fsp3) is 0.357. The molecule has 19 heavy (non-hydrogen) atoms. The van der Waals surface area contributed by atoms with Gasteiger partial charge < -0.3 is 9.58 Å². The van der Waals surface area contributed by atoms with Gasteiger partial charge in [0.1, 0.15) is 5.82 Å². The number of hydrazine groups is 1. The summed E-state index contributed by atoms with van der Waals surface area (Å²) in [5, 5.41) is 2.25. The molecule has 3 rings (SSSR count). The van der Waals surface area contributed by atoms with Crippen LogP contribution in [0.1, 0.15) is 13.3 Å². The van der Waals surface area contributed by atoms with E-state index in [-0.39, 0.29) is 11.2 Å². The van der Waals surface area contributed by atoms with Crippen molar-refractivity contribution in [3.8, 4) is 0 Å². The maximum Gasteiger partial charge on any atom is 0.189 e. The number of fused-ring (bicyclic) bond motifs is 1. The molecule has 1 fully saturated rings. The first-order valence-corrected chi connectivity index (χ1v) is 6.54. The number of benzene rings is 1. The molecule has 2 aromatic rings. The molecule has 1 N–H and O–H groups in total. The topological polar surface area (TPSA) is 37.3 Å². The molecule has 4 nitrogen and oxygen atoms in total. The number of hydrogen-bond acceptors (Lipinski definition) is 3. The minimum absolute atomic E-state index is 0.139. The lowest BCUT2D eigenvalue weighted by Crippen LogP contribution is -2.31. The Kier molecular flexibility index (Phi) is 2.98. The summed E-state index contributed by atoms with van der Waals surface area (Å²) in [6.07, 6.45) is 2.75. The van der Waals surface area contributed by atoms with Crippen LogP contribution in [0.3, 0.4) is 0 Å². The average molecular weight is 261 g/mol. The van der Waals surface area contributed by atoms with Crippen LogP contribution >= 0.6 is 0 Å². The van der Waals surface area contributed by atoms with Gasteiger partial charge in [-0.05, 0) is 25.5 Å². The molecule has 1 aromatic heterocycles. The van der Waals surface area contributed by atoms with Gasteiger partial charge in [-0.25, -0.2) is 9.82 Å². The normalized spacial score (nSPS) is 15.4. The number of nitrogens with one attached hydrogen (secondary N) is 1. The van der Waals surface area contributed by atoms with E-state index in [0.29, 0.717) is 11.1 Å². The van der Waals surface area contributed by atoms with Crippen molar-refractivity contribution in [3.63, 3.8) is 0 Å². The molecule has 1 aliphatic rings. The Morgan fingerprint density at radius 1 is 1.42 bits per heavy atom. The quantitative estimate of drug-likeness (QED) is 0.896. The van der Waals surface area contributed by atoms with Gasteiger partial charge in [-0.15, -0.1) is 0 Å². The van der Waals surface area contributed by atoms with Gasteiger partial charge in [0.05, 0.1) is 11.2 Å². The predicted octanol–water partition coefficient (Wildman–Crippen LogP) is 1.88. The van der Waals surface area contributed by atoms with Crippen molar-refractivity contribution in [1.29, 1.82) is 0 Å². The Labute approximate surface area is 110 Å². The van der Waals surface area contributed by atoms with Crippen LogP contribution in [-0.2, 0) is 6.54 Å². The van der Waals surface area contributed by atoms with Crippen LogP contribution in [0.25, 0.3) is 10.9 Å². The first-order valence-electron chi connectivity index (χ1n) is 6.54. The fourth-order valence-electron chi connectivity index (χ4n) is 2.53. The highest BCUT2D eigenvalue weighted by molar-refractivity contribution is 5.83.